The highest BCUT2D eigenvalue weighted by Gasteiger charge is 2.33. The molecule has 0 heterocycles. The second-order valence-corrected chi connectivity index (χ2v) is 5.66. The third kappa shape index (κ3) is 3.09. The first-order chi connectivity index (χ1) is 9.00. The molecule has 2 heteroatoms. The summed E-state index contributed by atoms with van der Waals surface area (Å²) >= 11 is 0. The summed E-state index contributed by atoms with van der Waals surface area (Å²) in [7, 11) is 6.16. The molecule has 2 aromatic carbocycles. The zero-order valence-corrected chi connectivity index (χ0v) is 11.7. The predicted octanol–water partition coefficient (Wildman–Crippen LogP) is 3.32. The normalized spacial score (nSPS) is 13.0. The molecule has 0 saturated heterocycles. The lowest BCUT2D eigenvalue weighted by Gasteiger charge is -2.33. The number of carbonyl (C=O) groups excluding carboxylic acids is 1. The van der Waals surface area contributed by atoms with Crippen molar-refractivity contribution in [2.24, 2.45) is 0 Å². The standard InChI is InChI=1S/C17H20NO/c1-18(2,3)16(14-10-6-4-7-11-14)17(19)15-12-8-5-9-13-15/h4-13,16H,1-3H3/q+1. The average molecular weight is 254 g/mol. The van der Waals surface area contributed by atoms with Crippen LogP contribution >= 0.6 is 0 Å². The zero-order valence-electron chi connectivity index (χ0n) is 11.7. The van der Waals surface area contributed by atoms with Gasteiger partial charge >= 0.3 is 0 Å². The zero-order chi connectivity index (χ0) is 13.9. The van der Waals surface area contributed by atoms with Gasteiger partial charge in [-0.25, -0.2) is 0 Å². The number of carbonyl (C=O) groups is 1. The summed E-state index contributed by atoms with van der Waals surface area (Å²) in [6, 6.07) is 19.3. The molecule has 2 rings (SSSR count). The lowest BCUT2D eigenvalue weighted by atomic mass is 9.95. The molecule has 0 fully saturated rings. The summed E-state index contributed by atoms with van der Waals surface area (Å²) in [5.74, 6) is 0.166. The Labute approximate surface area is 114 Å². The molecule has 0 spiro atoms. The van der Waals surface area contributed by atoms with Crippen LogP contribution in [-0.4, -0.2) is 31.4 Å². The third-order valence-electron chi connectivity index (χ3n) is 3.20. The molecule has 2 nitrogen and oxygen atoms in total. The fourth-order valence-corrected chi connectivity index (χ4v) is 2.35. The van der Waals surface area contributed by atoms with Gasteiger partial charge in [-0.3, -0.25) is 4.79 Å². The van der Waals surface area contributed by atoms with E-state index in [0.29, 0.717) is 4.48 Å². The average Bonchev–Trinajstić information content (AvgIpc) is 2.39. The number of benzene rings is 2. The van der Waals surface area contributed by atoms with Crippen LogP contribution in [0.3, 0.4) is 0 Å². The molecule has 0 radical (unpaired) electrons. The largest absolute Gasteiger partial charge is 0.318 e. The van der Waals surface area contributed by atoms with Gasteiger partial charge < -0.3 is 4.48 Å². The summed E-state index contributed by atoms with van der Waals surface area (Å²) in [5, 5.41) is 0. The van der Waals surface area contributed by atoms with Gasteiger partial charge in [-0.15, -0.1) is 0 Å². The molecule has 1 atom stereocenters. The number of rotatable bonds is 4. The van der Waals surface area contributed by atoms with E-state index in [-0.39, 0.29) is 11.8 Å². The first-order valence-electron chi connectivity index (χ1n) is 6.45. The quantitative estimate of drug-likeness (QED) is 0.604. The van der Waals surface area contributed by atoms with Gasteiger partial charge in [-0.1, -0.05) is 60.7 Å². The maximum atomic E-state index is 12.8. The number of nitrogens with zero attached hydrogens (tertiary/aromatic N) is 1. The second kappa shape index (κ2) is 5.37. The number of likely N-dealkylation sites (N-methyl/N-ethyl adjacent to an activating group) is 1. The molecule has 0 saturated carbocycles. The van der Waals surface area contributed by atoms with Gasteiger partial charge in [-0.2, -0.15) is 0 Å². The van der Waals surface area contributed by atoms with Crippen molar-refractivity contribution in [3.05, 3.63) is 71.8 Å². The Kier molecular flexibility index (Phi) is 3.82. The second-order valence-electron chi connectivity index (χ2n) is 5.66. The highest BCUT2D eigenvalue weighted by Crippen LogP contribution is 2.27. The number of quaternary nitrogens is 1. The minimum absolute atomic E-state index is 0.166. The minimum Gasteiger partial charge on any atom is -0.318 e. The van der Waals surface area contributed by atoms with Crippen molar-refractivity contribution in [2.45, 2.75) is 6.04 Å². The Balaban J connectivity index is 2.43. The Hall–Kier alpha value is -1.93. The van der Waals surface area contributed by atoms with E-state index in [1.807, 2.05) is 60.7 Å². The third-order valence-corrected chi connectivity index (χ3v) is 3.20. The maximum absolute atomic E-state index is 12.8. The van der Waals surface area contributed by atoms with Crippen molar-refractivity contribution in [1.82, 2.24) is 0 Å². The SMILES string of the molecule is C[N+](C)(C)C(C(=O)c1ccccc1)c1ccccc1. The van der Waals surface area contributed by atoms with E-state index in [9.17, 15) is 4.79 Å². The Morgan fingerprint density at radius 2 is 1.32 bits per heavy atom. The van der Waals surface area contributed by atoms with Crippen molar-refractivity contribution in [2.75, 3.05) is 21.1 Å². The summed E-state index contributed by atoms with van der Waals surface area (Å²) in [6.45, 7) is 0. The van der Waals surface area contributed by atoms with Crippen LogP contribution in [0, 0.1) is 0 Å². The molecule has 0 aliphatic heterocycles. The number of hydrogen-bond donors (Lipinski definition) is 0. The van der Waals surface area contributed by atoms with Crippen LogP contribution in [0.5, 0.6) is 0 Å². The lowest BCUT2D eigenvalue weighted by molar-refractivity contribution is -0.891. The van der Waals surface area contributed by atoms with E-state index in [2.05, 4.69) is 21.1 Å². The van der Waals surface area contributed by atoms with Crippen molar-refractivity contribution < 1.29 is 9.28 Å². The van der Waals surface area contributed by atoms with Crippen LogP contribution in [0.4, 0.5) is 0 Å². The van der Waals surface area contributed by atoms with Crippen molar-refractivity contribution in [3.8, 4) is 0 Å². The molecule has 0 N–H and O–H groups in total. The monoisotopic (exact) mass is 254 g/mol. The molecular weight excluding hydrogens is 234 g/mol. The molecule has 0 aliphatic carbocycles. The molecule has 1 unspecified atom stereocenters. The van der Waals surface area contributed by atoms with Crippen LogP contribution in [0.25, 0.3) is 0 Å². The predicted molar refractivity (Wildman–Crippen MR) is 78.0 cm³/mol. The molecular formula is C17H20NO+. The molecule has 0 aromatic heterocycles. The summed E-state index contributed by atoms with van der Waals surface area (Å²) < 4.78 is 0.581. The summed E-state index contributed by atoms with van der Waals surface area (Å²) in [6.07, 6.45) is 0. The van der Waals surface area contributed by atoms with Crippen molar-refractivity contribution in [1.29, 1.82) is 0 Å². The lowest BCUT2D eigenvalue weighted by Crippen LogP contribution is -2.43. The van der Waals surface area contributed by atoms with E-state index in [0.717, 1.165) is 11.1 Å². The molecule has 98 valence electrons. The Morgan fingerprint density at radius 1 is 0.842 bits per heavy atom. The van der Waals surface area contributed by atoms with Crippen molar-refractivity contribution in [3.63, 3.8) is 0 Å². The van der Waals surface area contributed by atoms with E-state index < -0.39 is 0 Å². The highest BCUT2D eigenvalue weighted by atomic mass is 16.1. The molecule has 2 aromatic rings. The first kappa shape index (κ1) is 13.5. The van der Waals surface area contributed by atoms with E-state index in [1.165, 1.54) is 0 Å². The number of Topliss-reactive ketones (excluding diaryl/α,β-unsaturated/α-hetero) is 1. The van der Waals surface area contributed by atoms with Gasteiger partial charge in [0.2, 0.25) is 5.78 Å². The van der Waals surface area contributed by atoms with Gasteiger partial charge in [0.05, 0.1) is 21.1 Å². The molecule has 0 bridgehead atoms. The smallest absolute Gasteiger partial charge is 0.224 e. The molecule has 19 heavy (non-hydrogen) atoms. The Bertz CT molecular complexity index is 540. The fraction of sp³-hybridized carbons (Fsp3) is 0.235. The van der Waals surface area contributed by atoms with Gasteiger partial charge in [-0.05, 0) is 0 Å². The highest BCUT2D eigenvalue weighted by molar-refractivity contribution is 5.99. The van der Waals surface area contributed by atoms with Gasteiger partial charge in [0, 0.05) is 11.1 Å². The molecule has 0 aliphatic rings. The van der Waals surface area contributed by atoms with Gasteiger partial charge in [0.25, 0.3) is 0 Å². The molecule has 0 amide bonds. The van der Waals surface area contributed by atoms with E-state index in [4.69, 9.17) is 0 Å². The Morgan fingerprint density at radius 3 is 1.79 bits per heavy atom. The fourth-order valence-electron chi connectivity index (χ4n) is 2.35. The van der Waals surface area contributed by atoms with Gasteiger partial charge in [0.15, 0.2) is 6.04 Å². The van der Waals surface area contributed by atoms with Crippen LogP contribution in [0.1, 0.15) is 22.0 Å². The number of ketones is 1. The van der Waals surface area contributed by atoms with Gasteiger partial charge in [0.1, 0.15) is 0 Å². The van der Waals surface area contributed by atoms with Crippen molar-refractivity contribution >= 4 is 5.78 Å². The van der Waals surface area contributed by atoms with E-state index >= 15 is 0 Å². The topological polar surface area (TPSA) is 17.1 Å². The van der Waals surface area contributed by atoms with Crippen LogP contribution < -0.4 is 0 Å². The maximum Gasteiger partial charge on any atom is 0.224 e. The minimum atomic E-state index is -0.177. The number of hydrogen-bond acceptors (Lipinski definition) is 1. The summed E-state index contributed by atoms with van der Waals surface area (Å²) in [4.78, 5) is 12.8. The van der Waals surface area contributed by atoms with E-state index in [1.54, 1.807) is 0 Å². The van der Waals surface area contributed by atoms with Crippen LogP contribution in [-0.2, 0) is 0 Å². The van der Waals surface area contributed by atoms with Crippen LogP contribution in [0.2, 0.25) is 0 Å². The van der Waals surface area contributed by atoms with Crippen LogP contribution in [0.15, 0.2) is 60.7 Å². The first-order valence-corrected chi connectivity index (χ1v) is 6.45. The summed E-state index contributed by atoms with van der Waals surface area (Å²) in [5.41, 5.74) is 1.83.